The Bertz CT molecular complexity index is 4000. The lowest BCUT2D eigenvalue weighted by Crippen LogP contribution is -2.13. The van der Waals surface area contributed by atoms with Gasteiger partial charge in [0.15, 0.2) is 0 Å². The van der Waals surface area contributed by atoms with Crippen LogP contribution in [0.1, 0.15) is 22.3 Å². The Morgan fingerprint density at radius 1 is 0.295 bits per heavy atom. The summed E-state index contributed by atoms with van der Waals surface area (Å²) in [5.74, 6) is 0. The van der Waals surface area contributed by atoms with Crippen molar-refractivity contribution < 1.29 is 26.3 Å². The molecule has 0 N–H and O–H groups in total. The molecule has 0 aliphatic heterocycles. The van der Waals surface area contributed by atoms with Crippen molar-refractivity contribution in [1.82, 2.24) is 0 Å². The largest absolute Gasteiger partial charge is 0.416 e. The first kappa shape index (κ1) is 48.8. The van der Waals surface area contributed by atoms with Gasteiger partial charge < -0.3 is 9.80 Å². The maximum Gasteiger partial charge on any atom is 0.416 e. The number of nitriles is 2. The number of benzene rings is 12. The Balaban J connectivity index is 1.11. The Hall–Kier alpha value is -10.2. The number of nitrogens with zero attached hydrogens (tertiary/aromatic N) is 4. The summed E-state index contributed by atoms with van der Waals surface area (Å²) >= 11 is 0. The topological polar surface area (TPSA) is 54.1 Å². The first-order valence-corrected chi connectivity index (χ1v) is 24.9. The lowest BCUT2D eigenvalue weighted by Gasteiger charge is -2.30. The molecule has 0 fully saturated rings. The van der Waals surface area contributed by atoms with Crippen molar-refractivity contribution >= 4 is 66.4 Å². The van der Waals surface area contributed by atoms with Crippen LogP contribution < -0.4 is 9.80 Å². The Kier molecular flexibility index (Phi) is 12.2. The van der Waals surface area contributed by atoms with E-state index in [4.69, 9.17) is 0 Å². The van der Waals surface area contributed by atoms with Crippen molar-refractivity contribution in [2.45, 2.75) is 12.4 Å². The molecule has 0 bridgehead atoms. The van der Waals surface area contributed by atoms with Crippen LogP contribution in [0, 0.1) is 22.7 Å². The van der Waals surface area contributed by atoms with Crippen LogP contribution >= 0.6 is 0 Å². The van der Waals surface area contributed by atoms with Gasteiger partial charge in [-0.2, -0.15) is 36.9 Å². The van der Waals surface area contributed by atoms with Gasteiger partial charge in [-0.1, -0.05) is 121 Å². The first-order chi connectivity index (χ1) is 37.8. The average molecular weight is 1030 g/mol. The molecule has 12 aromatic carbocycles. The summed E-state index contributed by atoms with van der Waals surface area (Å²) in [6.45, 7) is 0. The number of anilines is 6. The zero-order chi connectivity index (χ0) is 53.7. The summed E-state index contributed by atoms with van der Waals surface area (Å²) in [5.41, 5.74) is 9.89. The molecule has 12 aromatic rings. The molecule has 0 aliphatic rings. The highest BCUT2D eigenvalue weighted by molar-refractivity contribution is 6.28. The van der Waals surface area contributed by atoms with Gasteiger partial charge in [-0.3, -0.25) is 0 Å². The molecular formula is C68H40F6N4. The van der Waals surface area contributed by atoms with Gasteiger partial charge in [0.2, 0.25) is 0 Å². The second kappa shape index (κ2) is 19.5. The van der Waals surface area contributed by atoms with Crippen LogP contribution in [-0.4, -0.2) is 0 Å². The second-order valence-electron chi connectivity index (χ2n) is 19.0. The molecule has 0 saturated heterocycles. The summed E-state index contributed by atoms with van der Waals surface area (Å²) in [6.07, 6.45) is -9.15. The molecular weight excluding hydrogens is 987 g/mol. The van der Waals surface area contributed by atoms with Crippen molar-refractivity contribution in [3.8, 4) is 56.6 Å². The third-order valence-electron chi connectivity index (χ3n) is 14.3. The molecule has 10 heteroatoms. The van der Waals surface area contributed by atoms with Crippen LogP contribution in [0.4, 0.5) is 60.5 Å². The van der Waals surface area contributed by atoms with E-state index < -0.39 is 23.5 Å². The quantitative estimate of drug-likeness (QED) is 0.101. The third kappa shape index (κ3) is 9.16. The first-order valence-electron chi connectivity index (χ1n) is 24.9. The molecule has 0 amide bonds. The molecule has 0 aromatic heterocycles. The van der Waals surface area contributed by atoms with Crippen LogP contribution in [0.25, 0.3) is 76.8 Å². The lowest BCUT2D eigenvalue weighted by atomic mass is 9.91. The van der Waals surface area contributed by atoms with Gasteiger partial charge in [-0.25, -0.2) is 0 Å². The van der Waals surface area contributed by atoms with Gasteiger partial charge >= 0.3 is 12.4 Å². The minimum absolute atomic E-state index is 0.472. The van der Waals surface area contributed by atoms with Crippen LogP contribution in [0.3, 0.4) is 0 Å². The fourth-order valence-electron chi connectivity index (χ4n) is 10.5. The normalized spacial score (nSPS) is 11.7. The predicted octanol–water partition coefficient (Wildman–Crippen LogP) is 20.0. The van der Waals surface area contributed by atoms with Gasteiger partial charge in [0.05, 0.1) is 45.8 Å². The molecule has 12 rings (SSSR count). The smallest absolute Gasteiger partial charge is 0.310 e. The van der Waals surface area contributed by atoms with E-state index in [-0.39, 0.29) is 0 Å². The average Bonchev–Trinajstić information content (AvgIpc) is 3.59. The van der Waals surface area contributed by atoms with Gasteiger partial charge in [-0.05, 0) is 187 Å². The monoisotopic (exact) mass is 1030 g/mol. The van der Waals surface area contributed by atoms with Crippen molar-refractivity contribution in [3.05, 3.63) is 265 Å². The van der Waals surface area contributed by atoms with Gasteiger partial charge in [0.25, 0.3) is 0 Å². The highest BCUT2D eigenvalue weighted by Gasteiger charge is 2.32. The van der Waals surface area contributed by atoms with Crippen molar-refractivity contribution in [2.24, 2.45) is 0 Å². The van der Waals surface area contributed by atoms with Crippen LogP contribution in [-0.2, 0) is 12.4 Å². The molecule has 0 heterocycles. The summed E-state index contributed by atoms with van der Waals surface area (Å²) in [7, 11) is 0. The van der Waals surface area contributed by atoms with E-state index in [0.29, 0.717) is 45.3 Å². The van der Waals surface area contributed by atoms with E-state index >= 15 is 0 Å². The molecule has 0 spiro atoms. The van der Waals surface area contributed by atoms with Crippen molar-refractivity contribution in [1.29, 1.82) is 10.5 Å². The summed E-state index contributed by atoms with van der Waals surface area (Å²) in [5, 5.41) is 24.4. The number of hydrogen-bond acceptors (Lipinski definition) is 4. The fourth-order valence-corrected chi connectivity index (χ4v) is 10.5. The van der Waals surface area contributed by atoms with E-state index in [9.17, 15) is 36.9 Å². The molecule has 4 nitrogen and oxygen atoms in total. The maximum atomic E-state index is 14.2. The van der Waals surface area contributed by atoms with Crippen LogP contribution in [0.5, 0.6) is 0 Å². The number of halogens is 6. The highest BCUT2D eigenvalue weighted by atomic mass is 19.4. The van der Waals surface area contributed by atoms with E-state index in [2.05, 4.69) is 24.3 Å². The van der Waals surface area contributed by atoms with E-state index in [0.717, 1.165) is 101 Å². The van der Waals surface area contributed by atoms with E-state index in [1.165, 1.54) is 24.3 Å². The lowest BCUT2D eigenvalue weighted by molar-refractivity contribution is -0.138. The van der Waals surface area contributed by atoms with Crippen LogP contribution in [0.2, 0.25) is 0 Å². The maximum absolute atomic E-state index is 14.2. The number of hydrogen-bond donors (Lipinski definition) is 0. The van der Waals surface area contributed by atoms with Gasteiger partial charge in [-0.15, -0.1) is 0 Å². The molecule has 0 saturated carbocycles. The van der Waals surface area contributed by atoms with Crippen molar-refractivity contribution in [3.63, 3.8) is 0 Å². The Morgan fingerprint density at radius 3 is 0.936 bits per heavy atom. The van der Waals surface area contributed by atoms with Gasteiger partial charge in [0, 0.05) is 33.5 Å². The minimum Gasteiger partial charge on any atom is -0.310 e. The fraction of sp³-hybridized carbons (Fsp3) is 0.0294. The number of alkyl halides is 6. The summed E-state index contributed by atoms with van der Waals surface area (Å²) in [6, 6.07) is 77.0. The standard InChI is InChI=1S/C68H40F6N4/c69-67(70,71)55-23-27-57(28-24-55)77(59-37-51(45-7-3-1-4-8-45)35-53(39-59)47-15-11-43(41-75)12-16-47)63-33-21-49-20-32-62-64(34-22-50-19-31-61(63)65(49)66(50)62)78(58-29-25-56(26-30-58)68(72,73)74)60-38-52(46-9-5-2-6-10-46)36-54(40-60)48-17-13-44(42-76)14-18-48/h1-40H. The van der Waals surface area contributed by atoms with E-state index in [1.807, 2.05) is 168 Å². The van der Waals surface area contributed by atoms with Gasteiger partial charge in [0.1, 0.15) is 0 Å². The molecule has 0 atom stereocenters. The molecule has 0 aliphatic carbocycles. The molecule has 0 unspecified atom stereocenters. The van der Waals surface area contributed by atoms with Crippen molar-refractivity contribution in [2.75, 3.05) is 9.80 Å². The second-order valence-corrected chi connectivity index (χ2v) is 19.0. The minimum atomic E-state index is -4.58. The third-order valence-corrected chi connectivity index (χ3v) is 14.3. The predicted molar refractivity (Wildman–Crippen MR) is 301 cm³/mol. The number of rotatable bonds is 10. The molecule has 0 radical (unpaired) electrons. The highest BCUT2D eigenvalue weighted by Crippen LogP contribution is 2.50. The summed E-state index contributed by atoms with van der Waals surface area (Å²) in [4.78, 5) is 3.95. The molecule has 78 heavy (non-hydrogen) atoms. The SMILES string of the molecule is N#Cc1ccc(-c2cc(-c3ccccc3)cc(N(c3ccc(C(F)(F)F)cc3)c3ccc4ccc5c(N(c6ccc(C(F)(F)F)cc6)c6cc(-c7ccccc7)cc(-c7ccc(C#N)cc7)c6)ccc6ccc3c4c65)c2)cc1. The Morgan fingerprint density at radius 2 is 0.615 bits per heavy atom. The van der Waals surface area contributed by atoms with E-state index in [1.54, 1.807) is 24.3 Å². The zero-order valence-corrected chi connectivity index (χ0v) is 41.2. The summed E-state index contributed by atoms with van der Waals surface area (Å²) < 4.78 is 85.4. The molecule has 374 valence electrons. The zero-order valence-electron chi connectivity index (χ0n) is 41.2. The van der Waals surface area contributed by atoms with Crippen LogP contribution in [0.15, 0.2) is 243 Å². The Labute approximate surface area is 445 Å².